The normalized spacial score (nSPS) is 11.7. The predicted octanol–water partition coefficient (Wildman–Crippen LogP) is 6.31. The fourth-order valence-corrected chi connectivity index (χ4v) is 5.31. The van der Waals surface area contributed by atoms with Crippen LogP contribution in [-0.4, -0.2) is 35.1 Å². The van der Waals surface area contributed by atoms with Crippen LogP contribution in [0.1, 0.15) is 29.2 Å². The van der Waals surface area contributed by atoms with Gasteiger partial charge in [0.1, 0.15) is 6.04 Å². The summed E-state index contributed by atoms with van der Waals surface area (Å²) in [4.78, 5) is 28.5. The van der Waals surface area contributed by atoms with E-state index in [1.807, 2.05) is 49.4 Å². The zero-order valence-corrected chi connectivity index (χ0v) is 22.3. The zero-order chi connectivity index (χ0) is 25.2. The summed E-state index contributed by atoms with van der Waals surface area (Å²) < 4.78 is 0. The van der Waals surface area contributed by atoms with Crippen LogP contribution in [0.4, 0.5) is 0 Å². The molecule has 1 N–H and O–H groups in total. The smallest absolute Gasteiger partial charge is 0.243 e. The maximum absolute atomic E-state index is 13.6. The van der Waals surface area contributed by atoms with Gasteiger partial charge in [-0.2, -0.15) is 0 Å². The lowest BCUT2D eigenvalue weighted by Gasteiger charge is -2.32. The van der Waals surface area contributed by atoms with Crippen LogP contribution in [0.25, 0.3) is 0 Å². The second-order valence-corrected chi connectivity index (χ2v) is 10.0. The van der Waals surface area contributed by atoms with Crippen molar-refractivity contribution in [2.24, 2.45) is 0 Å². The topological polar surface area (TPSA) is 49.4 Å². The molecule has 3 rings (SSSR count). The van der Waals surface area contributed by atoms with Crippen molar-refractivity contribution in [1.82, 2.24) is 10.2 Å². The Labute approximate surface area is 222 Å². The van der Waals surface area contributed by atoms with E-state index in [9.17, 15) is 9.59 Å². The van der Waals surface area contributed by atoms with E-state index in [-0.39, 0.29) is 24.1 Å². The van der Waals surface area contributed by atoms with E-state index < -0.39 is 6.04 Å². The molecular weight excluding hydrogens is 499 g/mol. The molecule has 1 atom stereocenters. The van der Waals surface area contributed by atoms with Crippen LogP contribution in [0.3, 0.4) is 0 Å². The first kappa shape index (κ1) is 27.1. The minimum absolute atomic E-state index is 0.133. The minimum Gasteiger partial charge on any atom is -0.355 e. The minimum atomic E-state index is -0.698. The van der Waals surface area contributed by atoms with Gasteiger partial charge in [-0.05, 0) is 42.7 Å². The number of amides is 2. The lowest BCUT2D eigenvalue weighted by atomic mass is 10.0. The van der Waals surface area contributed by atoms with Crippen molar-refractivity contribution in [3.05, 3.63) is 105 Å². The molecule has 0 radical (unpaired) electrons. The molecule has 0 aliphatic heterocycles. The molecule has 0 unspecified atom stereocenters. The number of carbonyl (C=O) groups is 2. The predicted molar refractivity (Wildman–Crippen MR) is 147 cm³/mol. The van der Waals surface area contributed by atoms with E-state index >= 15 is 0 Å². The summed E-state index contributed by atoms with van der Waals surface area (Å²) in [6.45, 7) is 4.55. The fraction of sp³-hybridized carbons (Fsp3) is 0.286. The second kappa shape index (κ2) is 13.6. The van der Waals surface area contributed by atoms with Crippen molar-refractivity contribution in [1.29, 1.82) is 0 Å². The molecule has 35 heavy (non-hydrogen) atoms. The Bertz CT molecular complexity index is 1120. The highest BCUT2D eigenvalue weighted by atomic mass is 35.5. The molecule has 0 heterocycles. The number of carbonyl (C=O) groups excluding carboxylic acids is 2. The standard InChI is InChI=1S/C28H30Cl2N2O2S/c1-3-31-28(34)26(16-21-11-5-4-6-12-21)32(17-23-24(29)14-9-15-25(23)30)27(33)19-35-18-22-13-8-7-10-20(22)2/h4-15,26H,3,16-19H2,1-2H3,(H,31,34)/t26-/m1/s1. The maximum Gasteiger partial charge on any atom is 0.243 e. The molecule has 4 nitrogen and oxygen atoms in total. The number of thioether (sulfide) groups is 1. The van der Waals surface area contributed by atoms with Crippen molar-refractivity contribution in [3.63, 3.8) is 0 Å². The molecule has 0 spiro atoms. The first-order chi connectivity index (χ1) is 16.9. The van der Waals surface area contributed by atoms with Crippen LogP contribution in [-0.2, 0) is 28.3 Å². The van der Waals surface area contributed by atoms with E-state index in [0.717, 1.165) is 5.56 Å². The summed E-state index contributed by atoms with van der Waals surface area (Å²) >= 11 is 14.5. The SMILES string of the molecule is CCNC(=O)[C@@H](Cc1ccccc1)N(Cc1c(Cl)cccc1Cl)C(=O)CSCc1ccccc1C. The Balaban J connectivity index is 1.88. The number of halogens is 2. The average Bonchev–Trinajstić information content (AvgIpc) is 2.85. The van der Waals surface area contributed by atoms with E-state index in [1.165, 1.54) is 22.9 Å². The third-order valence-electron chi connectivity index (χ3n) is 5.76. The molecule has 3 aromatic rings. The Hall–Kier alpha value is -2.47. The number of aryl methyl sites for hydroxylation is 1. The molecule has 184 valence electrons. The van der Waals surface area contributed by atoms with Crippen LogP contribution >= 0.6 is 35.0 Å². The molecular formula is C28H30Cl2N2O2S. The van der Waals surface area contributed by atoms with Crippen LogP contribution in [0, 0.1) is 6.92 Å². The number of nitrogens with one attached hydrogen (secondary N) is 1. The number of likely N-dealkylation sites (N-methyl/N-ethyl adjacent to an activating group) is 1. The monoisotopic (exact) mass is 528 g/mol. The maximum atomic E-state index is 13.6. The summed E-state index contributed by atoms with van der Waals surface area (Å²) in [6.07, 6.45) is 0.392. The third-order valence-corrected chi connectivity index (χ3v) is 7.43. The van der Waals surface area contributed by atoms with Gasteiger partial charge in [0.2, 0.25) is 11.8 Å². The van der Waals surface area contributed by atoms with Crippen molar-refractivity contribution < 1.29 is 9.59 Å². The Morgan fingerprint density at radius 3 is 2.26 bits per heavy atom. The van der Waals surface area contributed by atoms with Crippen LogP contribution in [0.5, 0.6) is 0 Å². The quantitative estimate of drug-likeness (QED) is 0.317. The second-order valence-electron chi connectivity index (χ2n) is 8.24. The Morgan fingerprint density at radius 2 is 1.60 bits per heavy atom. The number of hydrogen-bond acceptors (Lipinski definition) is 3. The first-order valence-corrected chi connectivity index (χ1v) is 13.5. The highest BCUT2D eigenvalue weighted by molar-refractivity contribution is 7.99. The highest BCUT2D eigenvalue weighted by Gasteiger charge is 2.31. The summed E-state index contributed by atoms with van der Waals surface area (Å²) in [5.74, 6) is 0.619. The van der Waals surface area contributed by atoms with Crippen LogP contribution < -0.4 is 5.32 Å². The lowest BCUT2D eigenvalue weighted by molar-refractivity contribution is -0.139. The number of nitrogens with zero attached hydrogens (tertiary/aromatic N) is 1. The third kappa shape index (κ3) is 7.76. The van der Waals surface area contributed by atoms with Crippen molar-refractivity contribution in [2.45, 2.75) is 38.6 Å². The lowest BCUT2D eigenvalue weighted by Crippen LogP contribution is -2.51. The Kier molecular flexibility index (Phi) is 10.5. The van der Waals surface area contributed by atoms with Gasteiger partial charge in [0.25, 0.3) is 0 Å². The average molecular weight is 530 g/mol. The highest BCUT2D eigenvalue weighted by Crippen LogP contribution is 2.28. The molecule has 0 saturated heterocycles. The number of hydrogen-bond donors (Lipinski definition) is 1. The molecule has 2 amide bonds. The Morgan fingerprint density at radius 1 is 0.943 bits per heavy atom. The number of benzene rings is 3. The van der Waals surface area contributed by atoms with Gasteiger partial charge < -0.3 is 10.2 Å². The van der Waals surface area contributed by atoms with Gasteiger partial charge >= 0.3 is 0 Å². The fourth-order valence-electron chi connectivity index (χ4n) is 3.80. The molecule has 0 bridgehead atoms. The molecule has 3 aromatic carbocycles. The summed E-state index contributed by atoms with van der Waals surface area (Å²) in [5.41, 5.74) is 3.99. The summed E-state index contributed by atoms with van der Waals surface area (Å²) in [7, 11) is 0. The molecule has 0 aromatic heterocycles. The van der Waals surface area contributed by atoms with Crippen molar-refractivity contribution >= 4 is 46.8 Å². The first-order valence-electron chi connectivity index (χ1n) is 11.6. The zero-order valence-electron chi connectivity index (χ0n) is 20.0. The van der Waals surface area contributed by atoms with Crippen LogP contribution in [0.15, 0.2) is 72.8 Å². The largest absolute Gasteiger partial charge is 0.355 e. The number of rotatable bonds is 11. The van der Waals surface area contributed by atoms with E-state index in [1.54, 1.807) is 23.1 Å². The molecule has 7 heteroatoms. The summed E-state index contributed by atoms with van der Waals surface area (Å²) in [5, 5.41) is 3.84. The van der Waals surface area contributed by atoms with E-state index in [4.69, 9.17) is 23.2 Å². The molecule has 0 aliphatic rings. The molecule has 0 saturated carbocycles. The van der Waals surface area contributed by atoms with Crippen molar-refractivity contribution in [3.8, 4) is 0 Å². The van der Waals surface area contributed by atoms with Gasteiger partial charge in [0, 0.05) is 40.9 Å². The summed E-state index contributed by atoms with van der Waals surface area (Å²) in [6, 6.07) is 22.4. The molecule has 0 aliphatic carbocycles. The van der Waals surface area contributed by atoms with Gasteiger partial charge in [-0.15, -0.1) is 11.8 Å². The molecule has 0 fully saturated rings. The van der Waals surface area contributed by atoms with Crippen molar-refractivity contribution in [2.75, 3.05) is 12.3 Å². The van der Waals surface area contributed by atoms with E-state index in [0.29, 0.717) is 34.3 Å². The van der Waals surface area contributed by atoms with Crippen LogP contribution in [0.2, 0.25) is 10.0 Å². The van der Waals surface area contributed by atoms with Gasteiger partial charge in [-0.1, -0.05) is 83.9 Å². The van der Waals surface area contributed by atoms with Gasteiger partial charge in [-0.3, -0.25) is 9.59 Å². The van der Waals surface area contributed by atoms with Gasteiger partial charge in [0.05, 0.1) is 5.75 Å². The van der Waals surface area contributed by atoms with Gasteiger partial charge in [-0.25, -0.2) is 0 Å². The van der Waals surface area contributed by atoms with E-state index in [2.05, 4.69) is 24.4 Å². The van der Waals surface area contributed by atoms with Gasteiger partial charge in [0.15, 0.2) is 0 Å².